The molecule has 0 aliphatic heterocycles. The van der Waals surface area contributed by atoms with Crippen molar-refractivity contribution in [2.75, 3.05) is 0 Å². The Kier molecular flexibility index (Phi) is 5.47. The minimum absolute atomic E-state index is 0.0473. The predicted octanol–water partition coefficient (Wildman–Crippen LogP) is 4.16. The number of hydrogen-bond donors (Lipinski definition) is 0. The maximum absolute atomic E-state index is 11.9. The van der Waals surface area contributed by atoms with Crippen LogP contribution < -0.4 is 0 Å². The van der Waals surface area contributed by atoms with Crippen molar-refractivity contribution in [1.29, 1.82) is 0 Å². The molecule has 0 heterocycles. The van der Waals surface area contributed by atoms with Crippen molar-refractivity contribution in [1.82, 2.24) is 0 Å². The van der Waals surface area contributed by atoms with Crippen molar-refractivity contribution in [3.05, 3.63) is 22.3 Å². The van der Waals surface area contributed by atoms with E-state index in [0.717, 1.165) is 32.1 Å². The Morgan fingerprint density at radius 3 is 2.19 bits per heavy atom. The van der Waals surface area contributed by atoms with Crippen LogP contribution in [0.4, 0.5) is 0 Å². The van der Waals surface area contributed by atoms with E-state index in [4.69, 9.17) is 19.5 Å². The van der Waals surface area contributed by atoms with Crippen molar-refractivity contribution in [3.63, 3.8) is 0 Å². The van der Waals surface area contributed by atoms with Gasteiger partial charge < -0.3 is 0 Å². The molecule has 0 saturated heterocycles. The molecular weight excluding hydrogens is 364 g/mol. The van der Waals surface area contributed by atoms with Crippen LogP contribution in [0.1, 0.15) is 51.9 Å². The minimum atomic E-state index is -3.90. The van der Waals surface area contributed by atoms with Gasteiger partial charge in [0.2, 0.25) is 0 Å². The summed E-state index contributed by atoms with van der Waals surface area (Å²) in [6.45, 7) is 2.23. The van der Waals surface area contributed by atoms with E-state index >= 15 is 0 Å². The van der Waals surface area contributed by atoms with Crippen LogP contribution in [0.5, 0.6) is 0 Å². The molecule has 0 aromatic rings. The number of terminal acetylenes is 2. The van der Waals surface area contributed by atoms with E-state index in [-0.39, 0.29) is 4.22 Å². The second-order valence-corrected chi connectivity index (χ2v) is 12.3. The van der Waals surface area contributed by atoms with Gasteiger partial charge in [-0.2, -0.15) is 0 Å². The fourth-order valence-electron chi connectivity index (χ4n) is 4.96. The van der Waals surface area contributed by atoms with E-state index in [1.807, 2.05) is 11.8 Å². The zero-order valence-corrected chi connectivity index (χ0v) is 17.0. The standard InChI is InChI=1S/C14H19.2C3H2O2.CH3.Ti/c1-10-11-6-2-4-8-13(11)14-9-5-3-7-12(10)14;2*1-2-3(4)5;;/h6,10H,2-5,7-9H2,1H3;2*1H,(H,4,5);1H3;/q;;;;+2/p-2. The third kappa shape index (κ3) is 3.29. The summed E-state index contributed by atoms with van der Waals surface area (Å²) in [6.07, 6.45) is 18.0. The third-order valence-electron chi connectivity index (χ3n) is 5.97. The monoisotopic (exact) mass is 388 g/mol. The molecule has 136 valence electrons. The van der Waals surface area contributed by atoms with Gasteiger partial charge in [-0.25, -0.2) is 0 Å². The first kappa shape index (κ1) is 19.0. The zero-order valence-electron chi connectivity index (χ0n) is 15.4. The number of fused-ring (bicyclic) bond motifs is 1. The molecule has 0 fully saturated rings. The van der Waals surface area contributed by atoms with Crippen LogP contribution >= 0.6 is 0 Å². The van der Waals surface area contributed by atoms with Crippen molar-refractivity contribution in [2.45, 2.75) is 61.3 Å². The average molecular weight is 388 g/mol. The van der Waals surface area contributed by atoms with Crippen molar-refractivity contribution < 1.29 is 33.6 Å². The Morgan fingerprint density at radius 1 is 1.00 bits per heavy atom. The molecule has 0 radical (unpaired) electrons. The van der Waals surface area contributed by atoms with Gasteiger partial charge in [-0.15, -0.1) is 0 Å². The second-order valence-electron chi connectivity index (χ2n) is 7.39. The SMILES string of the molecule is C#CC(=O)[O][Ti]([CH3])([O]C(=O)C#C)[CH]1CCCC2=C1C(C)C1=C2CCCC1. The molecule has 0 N–H and O–H groups in total. The summed E-state index contributed by atoms with van der Waals surface area (Å²) in [5.74, 6) is 2.76. The van der Waals surface area contributed by atoms with E-state index in [9.17, 15) is 9.59 Å². The summed E-state index contributed by atoms with van der Waals surface area (Å²) in [5.41, 5.74) is 5.79. The first-order chi connectivity index (χ1) is 12.4. The summed E-state index contributed by atoms with van der Waals surface area (Å²) in [5, 5.41) is 1.79. The van der Waals surface area contributed by atoms with Gasteiger partial charge in [0.05, 0.1) is 0 Å². The van der Waals surface area contributed by atoms with E-state index in [2.05, 4.69) is 6.92 Å². The van der Waals surface area contributed by atoms with Crippen LogP contribution in [-0.2, 0) is 33.6 Å². The van der Waals surface area contributed by atoms with Crippen LogP contribution in [0, 0.1) is 30.6 Å². The number of hydrogen-bond acceptors (Lipinski definition) is 4. The van der Waals surface area contributed by atoms with Crippen LogP contribution in [0.15, 0.2) is 22.3 Å². The summed E-state index contributed by atoms with van der Waals surface area (Å²) < 4.78 is 11.2. The van der Waals surface area contributed by atoms with Gasteiger partial charge in [0.25, 0.3) is 0 Å². The molecule has 0 aromatic heterocycles. The van der Waals surface area contributed by atoms with Gasteiger partial charge >= 0.3 is 160 Å². The van der Waals surface area contributed by atoms with Gasteiger partial charge in [0, 0.05) is 0 Å². The maximum atomic E-state index is 11.9. The van der Waals surface area contributed by atoms with Gasteiger partial charge in [0.1, 0.15) is 0 Å². The molecule has 3 aliphatic carbocycles. The molecule has 2 atom stereocenters. The molecule has 0 spiro atoms. The van der Waals surface area contributed by atoms with E-state index in [1.165, 1.54) is 35.1 Å². The molecule has 0 saturated carbocycles. The predicted molar refractivity (Wildman–Crippen MR) is 95.0 cm³/mol. The Morgan fingerprint density at radius 2 is 1.58 bits per heavy atom. The van der Waals surface area contributed by atoms with E-state index < -0.39 is 29.3 Å². The van der Waals surface area contributed by atoms with Crippen LogP contribution in [0.3, 0.4) is 0 Å². The molecule has 26 heavy (non-hydrogen) atoms. The molecule has 0 amide bonds. The second kappa shape index (κ2) is 7.47. The van der Waals surface area contributed by atoms with Crippen molar-refractivity contribution >= 4 is 11.9 Å². The van der Waals surface area contributed by atoms with Crippen molar-refractivity contribution in [3.8, 4) is 24.7 Å². The summed E-state index contributed by atoms with van der Waals surface area (Å²) in [6, 6.07) is 0. The molecule has 2 unspecified atom stereocenters. The number of carbonyl (C=O) groups excluding carboxylic acids is 2. The fourth-order valence-corrected chi connectivity index (χ4v) is 9.48. The normalized spacial score (nSPS) is 24.9. The van der Waals surface area contributed by atoms with E-state index in [1.54, 1.807) is 5.23 Å². The van der Waals surface area contributed by atoms with Gasteiger partial charge in [-0.05, 0) is 0 Å². The van der Waals surface area contributed by atoms with Gasteiger partial charge in [-0.1, -0.05) is 0 Å². The van der Waals surface area contributed by atoms with Crippen LogP contribution in [0.25, 0.3) is 0 Å². The summed E-state index contributed by atoms with van der Waals surface area (Å²) in [4.78, 5) is 23.8. The first-order valence-corrected chi connectivity index (χ1v) is 13.0. The first-order valence-electron chi connectivity index (χ1n) is 9.25. The Hall–Kier alpha value is -1.75. The molecule has 4 nitrogen and oxygen atoms in total. The fraction of sp³-hybridized carbons (Fsp3) is 0.524. The summed E-state index contributed by atoms with van der Waals surface area (Å²) in [7, 11) is 0. The topological polar surface area (TPSA) is 52.6 Å². The Balaban J connectivity index is 2.01. The van der Waals surface area contributed by atoms with Crippen LogP contribution in [0.2, 0.25) is 9.45 Å². The zero-order chi connectivity index (χ0) is 18.9. The quantitative estimate of drug-likeness (QED) is 0.538. The van der Waals surface area contributed by atoms with Crippen molar-refractivity contribution in [2.24, 2.45) is 5.92 Å². The molecule has 0 bridgehead atoms. The molecule has 5 heteroatoms. The van der Waals surface area contributed by atoms with Gasteiger partial charge in [-0.3, -0.25) is 0 Å². The molecule has 3 rings (SSSR count). The molecular formula is C21H24O4Ti. The molecule has 3 aliphatic rings. The van der Waals surface area contributed by atoms with E-state index in [0.29, 0.717) is 5.92 Å². The average Bonchev–Trinajstić information content (AvgIpc) is 2.94. The molecule has 0 aromatic carbocycles. The Bertz CT molecular complexity index is 762. The third-order valence-corrected chi connectivity index (χ3v) is 10.7. The Labute approximate surface area is 159 Å². The van der Waals surface area contributed by atoms with Crippen LogP contribution in [-0.4, -0.2) is 11.9 Å². The van der Waals surface area contributed by atoms with Gasteiger partial charge in [0.15, 0.2) is 0 Å². The number of allylic oxidation sites excluding steroid dienone is 4. The summed E-state index contributed by atoms with van der Waals surface area (Å²) >= 11 is -3.90. The number of rotatable bonds is 3. The number of carbonyl (C=O) groups is 2.